The predicted octanol–water partition coefficient (Wildman–Crippen LogP) is 3.87. The quantitative estimate of drug-likeness (QED) is 0.609. The molecule has 1 atom stereocenters. The summed E-state index contributed by atoms with van der Waals surface area (Å²) >= 11 is 10.7. The summed E-state index contributed by atoms with van der Waals surface area (Å²) in [7, 11) is 0. The van der Waals surface area contributed by atoms with E-state index in [4.69, 9.17) is 11.6 Å². The van der Waals surface area contributed by atoms with Crippen molar-refractivity contribution in [2.75, 3.05) is 5.75 Å². The Kier molecular flexibility index (Phi) is 3.75. The van der Waals surface area contributed by atoms with Crippen LogP contribution >= 0.6 is 39.3 Å². The third kappa shape index (κ3) is 2.58. The van der Waals surface area contributed by atoms with Gasteiger partial charge in [0.15, 0.2) is 10.1 Å². The largest absolute Gasteiger partial charge is 0.292 e. The summed E-state index contributed by atoms with van der Waals surface area (Å²) in [6.07, 6.45) is 2.26. The molecule has 4 heteroatoms. The molecule has 1 aliphatic heterocycles. The SMILES string of the molecule is O=C(c1ccc2c(c1)CCCS2)C(Cl)Br. The van der Waals surface area contributed by atoms with E-state index in [0.29, 0.717) is 5.56 Å². The summed E-state index contributed by atoms with van der Waals surface area (Å²) in [6, 6.07) is 5.86. The van der Waals surface area contributed by atoms with Crippen LogP contribution in [0.25, 0.3) is 0 Å². The smallest absolute Gasteiger partial charge is 0.191 e. The molecule has 0 spiro atoms. The predicted molar refractivity (Wildman–Crippen MR) is 68.4 cm³/mol. The molecule has 80 valence electrons. The fourth-order valence-corrected chi connectivity index (χ4v) is 3.05. The standard InChI is InChI=1S/C11H10BrClOS/c12-11(13)10(14)8-3-4-9-7(6-8)2-1-5-15-9/h3-4,6,11H,1-2,5H2. The summed E-state index contributed by atoms with van der Waals surface area (Å²) in [6.45, 7) is 0. The number of hydrogen-bond acceptors (Lipinski definition) is 2. The summed E-state index contributed by atoms with van der Waals surface area (Å²) in [5.41, 5.74) is 1.98. The summed E-state index contributed by atoms with van der Waals surface area (Å²) in [5, 5.41) is 0. The summed E-state index contributed by atoms with van der Waals surface area (Å²) in [4.78, 5) is 12.9. The lowest BCUT2D eigenvalue weighted by atomic mass is 10.0. The third-order valence-electron chi connectivity index (χ3n) is 2.39. The van der Waals surface area contributed by atoms with Gasteiger partial charge in [-0.25, -0.2) is 0 Å². The Morgan fingerprint density at radius 3 is 3.07 bits per heavy atom. The van der Waals surface area contributed by atoms with Crippen molar-refractivity contribution in [1.82, 2.24) is 0 Å². The molecule has 1 nitrogen and oxygen atoms in total. The molecule has 0 saturated carbocycles. The fourth-order valence-electron chi connectivity index (χ4n) is 1.64. The Bertz CT molecular complexity index is 392. The van der Waals surface area contributed by atoms with Crippen LogP contribution in [0.1, 0.15) is 22.3 Å². The number of Topliss-reactive ketones (excluding diaryl/α,β-unsaturated/α-hetero) is 1. The van der Waals surface area contributed by atoms with E-state index in [1.165, 1.54) is 22.6 Å². The van der Waals surface area contributed by atoms with Crippen LogP contribution in [0.4, 0.5) is 0 Å². The number of carbonyl (C=O) groups excluding carboxylic acids is 1. The molecule has 0 bridgehead atoms. The lowest BCUT2D eigenvalue weighted by Gasteiger charge is -2.15. The monoisotopic (exact) mass is 304 g/mol. The van der Waals surface area contributed by atoms with Crippen LogP contribution in [0.15, 0.2) is 23.1 Å². The van der Waals surface area contributed by atoms with Crippen LogP contribution in [0.5, 0.6) is 0 Å². The van der Waals surface area contributed by atoms with E-state index in [1.807, 2.05) is 30.0 Å². The van der Waals surface area contributed by atoms with E-state index >= 15 is 0 Å². The highest BCUT2D eigenvalue weighted by atomic mass is 79.9. The molecule has 0 aliphatic carbocycles. The minimum atomic E-state index is -0.619. The molecule has 0 amide bonds. The number of fused-ring (bicyclic) bond motifs is 1. The Morgan fingerprint density at radius 2 is 2.33 bits per heavy atom. The second-order valence-corrected chi connectivity index (χ2v) is 6.46. The fraction of sp³-hybridized carbons (Fsp3) is 0.364. The van der Waals surface area contributed by atoms with E-state index in [0.717, 1.165) is 6.42 Å². The van der Waals surface area contributed by atoms with Crippen molar-refractivity contribution in [3.63, 3.8) is 0 Å². The van der Waals surface area contributed by atoms with Crippen molar-refractivity contribution < 1.29 is 4.79 Å². The number of thioether (sulfide) groups is 1. The maximum absolute atomic E-state index is 11.6. The summed E-state index contributed by atoms with van der Waals surface area (Å²) < 4.78 is -0.619. The molecule has 1 heterocycles. The number of alkyl halides is 2. The molecule has 0 radical (unpaired) electrons. The number of aryl methyl sites for hydroxylation is 1. The first-order chi connectivity index (χ1) is 7.18. The molecule has 2 rings (SSSR count). The van der Waals surface area contributed by atoms with Gasteiger partial charge in [0.2, 0.25) is 0 Å². The van der Waals surface area contributed by atoms with Crippen LogP contribution in [0, 0.1) is 0 Å². The van der Waals surface area contributed by atoms with Gasteiger partial charge in [-0.3, -0.25) is 4.79 Å². The minimum absolute atomic E-state index is 0.0601. The van der Waals surface area contributed by atoms with Gasteiger partial charge in [-0.15, -0.1) is 23.4 Å². The van der Waals surface area contributed by atoms with Gasteiger partial charge in [0.05, 0.1) is 0 Å². The second kappa shape index (κ2) is 4.89. The van der Waals surface area contributed by atoms with E-state index in [9.17, 15) is 4.79 Å². The van der Waals surface area contributed by atoms with E-state index in [1.54, 1.807) is 0 Å². The third-order valence-corrected chi connectivity index (χ3v) is 4.21. The number of benzene rings is 1. The van der Waals surface area contributed by atoms with Gasteiger partial charge in [0.1, 0.15) is 0 Å². The minimum Gasteiger partial charge on any atom is -0.292 e. The van der Waals surface area contributed by atoms with Crippen LogP contribution in [0.2, 0.25) is 0 Å². The zero-order valence-electron chi connectivity index (χ0n) is 8.00. The zero-order chi connectivity index (χ0) is 10.8. The van der Waals surface area contributed by atoms with Crippen molar-refractivity contribution >= 4 is 45.1 Å². The Labute approximate surface area is 107 Å². The number of rotatable bonds is 2. The van der Waals surface area contributed by atoms with Crippen molar-refractivity contribution in [2.45, 2.75) is 22.0 Å². The molecule has 0 fully saturated rings. The van der Waals surface area contributed by atoms with E-state index in [-0.39, 0.29) is 5.78 Å². The molecule has 0 N–H and O–H groups in total. The normalized spacial score (nSPS) is 16.9. The molecule has 0 aromatic heterocycles. The Morgan fingerprint density at radius 1 is 1.53 bits per heavy atom. The molecular weight excluding hydrogens is 296 g/mol. The Hall–Kier alpha value is 0.01000. The van der Waals surface area contributed by atoms with E-state index in [2.05, 4.69) is 15.9 Å². The average Bonchev–Trinajstić information content (AvgIpc) is 2.27. The van der Waals surface area contributed by atoms with Crippen LogP contribution in [-0.2, 0) is 6.42 Å². The van der Waals surface area contributed by atoms with Crippen LogP contribution in [0.3, 0.4) is 0 Å². The van der Waals surface area contributed by atoms with Gasteiger partial charge in [0.25, 0.3) is 0 Å². The molecule has 0 saturated heterocycles. The molecule has 1 aromatic rings. The molecular formula is C11H10BrClOS. The highest BCUT2D eigenvalue weighted by Gasteiger charge is 2.16. The van der Waals surface area contributed by atoms with Gasteiger partial charge < -0.3 is 0 Å². The number of hydrogen-bond donors (Lipinski definition) is 0. The van der Waals surface area contributed by atoms with Gasteiger partial charge >= 0.3 is 0 Å². The maximum atomic E-state index is 11.6. The van der Waals surface area contributed by atoms with Crippen molar-refractivity contribution in [1.29, 1.82) is 0 Å². The molecule has 1 aliphatic rings. The Balaban J connectivity index is 2.32. The lowest BCUT2D eigenvalue weighted by Crippen LogP contribution is -2.09. The first-order valence-corrected chi connectivity index (χ1v) is 7.10. The zero-order valence-corrected chi connectivity index (χ0v) is 11.2. The van der Waals surface area contributed by atoms with Gasteiger partial charge in [-0.2, -0.15) is 0 Å². The number of carbonyl (C=O) groups is 1. The highest BCUT2D eigenvalue weighted by Crippen LogP contribution is 2.31. The number of ketones is 1. The highest BCUT2D eigenvalue weighted by molar-refractivity contribution is 9.10. The summed E-state index contributed by atoms with van der Waals surface area (Å²) in [5.74, 6) is 1.12. The van der Waals surface area contributed by atoms with Crippen LogP contribution in [-0.4, -0.2) is 15.8 Å². The van der Waals surface area contributed by atoms with Gasteiger partial charge in [0, 0.05) is 10.5 Å². The van der Waals surface area contributed by atoms with Gasteiger partial charge in [-0.1, -0.05) is 22.0 Å². The van der Waals surface area contributed by atoms with Gasteiger partial charge in [-0.05, 0) is 36.3 Å². The van der Waals surface area contributed by atoms with Crippen molar-refractivity contribution in [3.8, 4) is 0 Å². The van der Waals surface area contributed by atoms with Crippen LogP contribution < -0.4 is 0 Å². The number of halogens is 2. The van der Waals surface area contributed by atoms with E-state index < -0.39 is 4.29 Å². The van der Waals surface area contributed by atoms with Crippen molar-refractivity contribution in [2.24, 2.45) is 0 Å². The average molecular weight is 306 g/mol. The first-order valence-electron chi connectivity index (χ1n) is 4.76. The topological polar surface area (TPSA) is 17.1 Å². The molecule has 1 aromatic carbocycles. The first kappa shape index (κ1) is 11.5. The second-order valence-electron chi connectivity index (χ2n) is 3.44. The molecule has 15 heavy (non-hydrogen) atoms. The molecule has 1 unspecified atom stereocenters. The lowest BCUT2D eigenvalue weighted by molar-refractivity contribution is 0.101. The maximum Gasteiger partial charge on any atom is 0.191 e. The van der Waals surface area contributed by atoms with Crippen molar-refractivity contribution in [3.05, 3.63) is 29.3 Å².